The Balaban J connectivity index is 3.59. The first-order chi connectivity index (χ1) is 15.3. The molecule has 1 aromatic rings. The third kappa shape index (κ3) is 8.22. The van der Waals surface area contributed by atoms with Crippen molar-refractivity contribution in [3.8, 4) is 5.75 Å². The maximum absolute atomic E-state index is 14.0. The number of nitrogens with one attached hydrogen (secondary N) is 2. The molecule has 8 heteroatoms. The molecule has 0 fully saturated rings. The van der Waals surface area contributed by atoms with E-state index in [1.807, 2.05) is 48.5 Å². The smallest absolute Gasteiger partial charge is 0.408 e. The van der Waals surface area contributed by atoms with Gasteiger partial charge in [0.1, 0.15) is 23.4 Å². The predicted octanol–water partition coefficient (Wildman–Crippen LogP) is 4.44. The molecule has 0 aromatic heterocycles. The summed E-state index contributed by atoms with van der Waals surface area (Å²) in [5.41, 5.74) is -0.336. The van der Waals surface area contributed by atoms with Gasteiger partial charge in [0.25, 0.3) is 0 Å². The highest BCUT2D eigenvalue weighted by atomic mass is 16.6. The van der Waals surface area contributed by atoms with Crippen molar-refractivity contribution in [2.75, 3.05) is 0 Å². The Morgan fingerprint density at radius 1 is 0.971 bits per heavy atom. The Hall–Kier alpha value is -2.77. The van der Waals surface area contributed by atoms with Crippen molar-refractivity contribution in [2.45, 2.75) is 105 Å². The van der Waals surface area contributed by atoms with Crippen LogP contribution in [0.1, 0.15) is 86.4 Å². The molecule has 0 heterocycles. The molecule has 192 valence electrons. The van der Waals surface area contributed by atoms with Gasteiger partial charge in [0, 0.05) is 11.6 Å². The molecule has 0 saturated carbocycles. The first-order valence-electron chi connectivity index (χ1n) is 11.8. The predicted molar refractivity (Wildman–Crippen MR) is 133 cm³/mol. The lowest BCUT2D eigenvalue weighted by Crippen LogP contribution is -2.60. The zero-order chi connectivity index (χ0) is 26.6. The molecule has 1 rings (SSSR count). The molecule has 3 N–H and O–H groups in total. The molecule has 0 aliphatic heterocycles. The quantitative estimate of drug-likeness (QED) is 0.538. The Morgan fingerprint density at radius 3 is 1.94 bits per heavy atom. The van der Waals surface area contributed by atoms with Crippen LogP contribution in [0.25, 0.3) is 0 Å². The molecule has 8 nitrogen and oxygen atoms in total. The Kier molecular flexibility index (Phi) is 9.56. The molecule has 0 spiro atoms. The zero-order valence-electron chi connectivity index (χ0n) is 22.6. The van der Waals surface area contributed by atoms with Crippen LogP contribution in [0.2, 0.25) is 0 Å². The Morgan fingerprint density at radius 2 is 1.53 bits per heavy atom. The summed E-state index contributed by atoms with van der Waals surface area (Å²) in [6.07, 6.45) is -0.697. The van der Waals surface area contributed by atoms with E-state index in [-0.39, 0.29) is 23.6 Å². The SMILES string of the molecule is Cc1cc(C(C(=O)NC(C)C)N(C(=O)C(NC(=O)OC(C)(C)C)C(C)C)C(C)(C)C)ccc1O. The number of nitrogens with zero attached hydrogens (tertiary/aromatic N) is 1. The highest BCUT2D eigenvalue weighted by Gasteiger charge is 2.42. The lowest BCUT2D eigenvalue weighted by molar-refractivity contribution is -0.149. The highest BCUT2D eigenvalue weighted by molar-refractivity contribution is 5.93. The van der Waals surface area contributed by atoms with E-state index < -0.39 is 35.2 Å². The van der Waals surface area contributed by atoms with Crippen molar-refractivity contribution in [3.63, 3.8) is 0 Å². The summed E-state index contributed by atoms with van der Waals surface area (Å²) in [6.45, 7) is 19.9. The van der Waals surface area contributed by atoms with Gasteiger partial charge >= 0.3 is 6.09 Å². The number of amides is 3. The molecule has 0 saturated heterocycles. The fourth-order valence-corrected chi connectivity index (χ4v) is 3.57. The van der Waals surface area contributed by atoms with Crippen LogP contribution in [0.3, 0.4) is 0 Å². The number of aryl methyl sites for hydroxylation is 1. The number of phenols is 1. The van der Waals surface area contributed by atoms with Crippen LogP contribution < -0.4 is 10.6 Å². The molecule has 3 amide bonds. The first kappa shape index (κ1) is 29.3. The molecule has 0 bridgehead atoms. The summed E-state index contributed by atoms with van der Waals surface area (Å²) < 4.78 is 5.38. The number of carbonyl (C=O) groups excluding carboxylic acids is 3. The molecule has 2 unspecified atom stereocenters. The lowest BCUT2D eigenvalue weighted by Gasteiger charge is -2.44. The van der Waals surface area contributed by atoms with Gasteiger partial charge in [-0.3, -0.25) is 9.59 Å². The normalized spacial score (nSPS) is 13.9. The second kappa shape index (κ2) is 11.1. The number of alkyl carbamates (subject to hydrolysis) is 1. The van der Waals surface area contributed by atoms with E-state index in [9.17, 15) is 19.5 Å². The van der Waals surface area contributed by atoms with Gasteiger partial charge in [0.2, 0.25) is 11.8 Å². The van der Waals surface area contributed by atoms with Crippen molar-refractivity contribution in [2.24, 2.45) is 5.92 Å². The second-order valence-electron chi connectivity index (χ2n) is 11.4. The van der Waals surface area contributed by atoms with Gasteiger partial charge in [-0.1, -0.05) is 19.9 Å². The Bertz CT molecular complexity index is 881. The van der Waals surface area contributed by atoms with Crippen LogP contribution in [0.4, 0.5) is 4.79 Å². The highest BCUT2D eigenvalue weighted by Crippen LogP contribution is 2.33. The largest absolute Gasteiger partial charge is 0.508 e. The zero-order valence-corrected chi connectivity index (χ0v) is 22.6. The van der Waals surface area contributed by atoms with E-state index in [2.05, 4.69) is 10.6 Å². The fourth-order valence-electron chi connectivity index (χ4n) is 3.57. The summed E-state index contributed by atoms with van der Waals surface area (Å²) in [5, 5.41) is 15.7. The van der Waals surface area contributed by atoms with E-state index in [1.165, 1.54) is 11.0 Å². The van der Waals surface area contributed by atoms with Crippen LogP contribution >= 0.6 is 0 Å². The summed E-state index contributed by atoms with van der Waals surface area (Å²) in [5.74, 6) is -0.904. The minimum absolute atomic E-state index is 0.104. The van der Waals surface area contributed by atoms with Crippen molar-refractivity contribution in [1.29, 1.82) is 0 Å². The average molecular weight is 478 g/mol. The van der Waals surface area contributed by atoms with Gasteiger partial charge in [-0.25, -0.2) is 4.79 Å². The Labute approximate surface area is 204 Å². The maximum atomic E-state index is 14.0. The van der Waals surface area contributed by atoms with E-state index in [1.54, 1.807) is 39.8 Å². The van der Waals surface area contributed by atoms with E-state index in [0.717, 1.165) is 0 Å². The van der Waals surface area contributed by atoms with E-state index in [0.29, 0.717) is 11.1 Å². The van der Waals surface area contributed by atoms with Gasteiger partial charge in [-0.15, -0.1) is 0 Å². The second-order valence-corrected chi connectivity index (χ2v) is 11.4. The van der Waals surface area contributed by atoms with Gasteiger partial charge in [-0.05, 0) is 91.5 Å². The van der Waals surface area contributed by atoms with Crippen molar-refractivity contribution >= 4 is 17.9 Å². The van der Waals surface area contributed by atoms with Gasteiger partial charge < -0.3 is 25.4 Å². The van der Waals surface area contributed by atoms with Crippen molar-refractivity contribution < 1.29 is 24.2 Å². The number of aromatic hydroxyl groups is 1. The van der Waals surface area contributed by atoms with Crippen molar-refractivity contribution in [1.82, 2.24) is 15.5 Å². The molecule has 34 heavy (non-hydrogen) atoms. The third-order valence-electron chi connectivity index (χ3n) is 5.04. The number of carbonyl (C=O) groups is 3. The standard InChI is InChI=1S/C26H43N3O5/c1-15(2)20(28-24(33)34-26(9,10)11)23(32)29(25(6,7)8)21(22(31)27-16(3)4)18-12-13-19(30)17(5)14-18/h12-16,20-21,30H,1-11H3,(H,27,31)(H,28,33). The molecule has 0 aliphatic rings. The fraction of sp³-hybridized carbons (Fsp3) is 0.654. The number of hydrogen-bond acceptors (Lipinski definition) is 5. The maximum Gasteiger partial charge on any atom is 0.408 e. The monoisotopic (exact) mass is 477 g/mol. The first-order valence-corrected chi connectivity index (χ1v) is 11.8. The summed E-state index contributed by atoms with van der Waals surface area (Å²) in [6, 6.07) is 2.83. The van der Waals surface area contributed by atoms with Crippen LogP contribution in [0.5, 0.6) is 5.75 Å². The van der Waals surface area contributed by atoms with Gasteiger partial charge in [0.15, 0.2) is 0 Å². The molecular formula is C26H43N3O5. The molecule has 0 aliphatic carbocycles. The number of phenolic OH excluding ortho intramolecular Hbond substituents is 1. The molecule has 0 radical (unpaired) electrons. The lowest BCUT2D eigenvalue weighted by atomic mass is 9.92. The van der Waals surface area contributed by atoms with E-state index in [4.69, 9.17) is 4.74 Å². The van der Waals surface area contributed by atoms with Gasteiger partial charge in [0.05, 0.1) is 0 Å². The van der Waals surface area contributed by atoms with Crippen LogP contribution in [-0.4, -0.2) is 51.1 Å². The minimum atomic E-state index is -0.976. The average Bonchev–Trinajstić information content (AvgIpc) is 2.62. The number of benzene rings is 1. The van der Waals surface area contributed by atoms with Crippen LogP contribution in [0.15, 0.2) is 18.2 Å². The molecule has 2 atom stereocenters. The van der Waals surface area contributed by atoms with E-state index >= 15 is 0 Å². The summed E-state index contributed by atoms with van der Waals surface area (Å²) in [4.78, 5) is 41.5. The topological polar surface area (TPSA) is 108 Å². The number of hydrogen-bond donors (Lipinski definition) is 3. The van der Waals surface area contributed by atoms with Gasteiger partial charge in [-0.2, -0.15) is 0 Å². The summed E-state index contributed by atoms with van der Waals surface area (Å²) in [7, 11) is 0. The number of ether oxygens (including phenoxy) is 1. The van der Waals surface area contributed by atoms with Crippen LogP contribution in [0, 0.1) is 12.8 Å². The molecule has 1 aromatic carbocycles. The molecular weight excluding hydrogens is 434 g/mol. The summed E-state index contributed by atoms with van der Waals surface area (Å²) >= 11 is 0. The van der Waals surface area contributed by atoms with Crippen LogP contribution in [-0.2, 0) is 14.3 Å². The number of rotatable bonds is 7. The third-order valence-corrected chi connectivity index (χ3v) is 5.04. The van der Waals surface area contributed by atoms with Crippen molar-refractivity contribution in [3.05, 3.63) is 29.3 Å². The minimum Gasteiger partial charge on any atom is -0.508 e.